The summed E-state index contributed by atoms with van der Waals surface area (Å²) in [6.45, 7) is 9.32. The monoisotopic (exact) mass is 268 g/mol. The highest BCUT2D eigenvalue weighted by Crippen LogP contribution is 2.30. The maximum atomic E-state index is 12.2. The average molecular weight is 268 g/mol. The lowest BCUT2D eigenvalue weighted by Gasteiger charge is -2.40. The number of ether oxygens (including phenoxy) is 1. The maximum Gasteiger partial charge on any atom is 0.410 e. The van der Waals surface area contributed by atoms with Gasteiger partial charge in [-0.3, -0.25) is 4.79 Å². The first kappa shape index (κ1) is 14.2. The molecule has 0 spiro atoms. The molecule has 0 atom stereocenters. The van der Waals surface area contributed by atoms with E-state index >= 15 is 0 Å². The lowest BCUT2D eigenvalue weighted by molar-refractivity contribution is -0.140. The molecule has 0 radical (unpaired) electrons. The van der Waals surface area contributed by atoms with Crippen molar-refractivity contribution in [2.75, 3.05) is 19.6 Å². The number of hydrogen-bond acceptors (Lipinski definition) is 3. The van der Waals surface area contributed by atoms with Crippen molar-refractivity contribution in [2.45, 2.75) is 52.2 Å². The third-order valence-corrected chi connectivity index (χ3v) is 3.49. The van der Waals surface area contributed by atoms with E-state index < -0.39 is 5.60 Å². The van der Waals surface area contributed by atoms with Crippen LogP contribution in [0.3, 0.4) is 0 Å². The van der Waals surface area contributed by atoms with Gasteiger partial charge in [0, 0.05) is 25.7 Å². The van der Waals surface area contributed by atoms with Crippen LogP contribution in [0.4, 0.5) is 4.79 Å². The SMILES string of the molecule is CCN(C(=O)C1CN(C(=O)OC(C)(C)C)C1)C1CC1. The molecule has 0 aromatic carbocycles. The third kappa shape index (κ3) is 3.39. The predicted molar refractivity (Wildman–Crippen MR) is 71.7 cm³/mol. The number of rotatable bonds is 3. The molecule has 5 heteroatoms. The van der Waals surface area contributed by atoms with Gasteiger partial charge in [-0.2, -0.15) is 0 Å². The Morgan fingerprint density at radius 3 is 2.26 bits per heavy atom. The molecule has 2 fully saturated rings. The van der Waals surface area contributed by atoms with Crippen LogP contribution >= 0.6 is 0 Å². The van der Waals surface area contributed by atoms with Crippen molar-refractivity contribution in [1.82, 2.24) is 9.80 Å². The van der Waals surface area contributed by atoms with E-state index in [-0.39, 0.29) is 17.9 Å². The highest BCUT2D eigenvalue weighted by molar-refractivity contribution is 5.83. The van der Waals surface area contributed by atoms with Gasteiger partial charge < -0.3 is 14.5 Å². The highest BCUT2D eigenvalue weighted by atomic mass is 16.6. The molecule has 0 N–H and O–H groups in total. The van der Waals surface area contributed by atoms with Crippen molar-refractivity contribution in [3.05, 3.63) is 0 Å². The quantitative estimate of drug-likeness (QED) is 0.785. The summed E-state index contributed by atoms with van der Waals surface area (Å²) in [5, 5.41) is 0. The molecular weight excluding hydrogens is 244 g/mol. The second-order valence-electron chi connectivity index (χ2n) is 6.44. The number of carbonyl (C=O) groups is 2. The zero-order chi connectivity index (χ0) is 14.2. The Kier molecular flexibility index (Phi) is 3.74. The summed E-state index contributed by atoms with van der Waals surface area (Å²) in [4.78, 5) is 27.6. The van der Waals surface area contributed by atoms with E-state index in [2.05, 4.69) is 0 Å². The molecule has 19 heavy (non-hydrogen) atoms. The van der Waals surface area contributed by atoms with E-state index in [4.69, 9.17) is 4.74 Å². The second-order valence-corrected chi connectivity index (χ2v) is 6.44. The minimum Gasteiger partial charge on any atom is -0.444 e. The Bertz CT molecular complexity index is 365. The molecule has 0 aromatic heterocycles. The Morgan fingerprint density at radius 1 is 1.26 bits per heavy atom. The number of hydrogen-bond donors (Lipinski definition) is 0. The fraction of sp³-hybridized carbons (Fsp3) is 0.857. The predicted octanol–water partition coefficient (Wildman–Crippen LogP) is 1.86. The Morgan fingerprint density at radius 2 is 1.84 bits per heavy atom. The lowest BCUT2D eigenvalue weighted by atomic mass is 9.99. The molecule has 5 nitrogen and oxygen atoms in total. The number of amides is 2. The van der Waals surface area contributed by atoms with Crippen LogP contribution in [0.2, 0.25) is 0 Å². The van der Waals surface area contributed by atoms with E-state index in [1.165, 1.54) is 0 Å². The fourth-order valence-corrected chi connectivity index (χ4v) is 2.33. The lowest BCUT2D eigenvalue weighted by Crippen LogP contribution is -2.57. The van der Waals surface area contributed by atoms with E-state index in [9.17, 15) is 9.59 Å². The van der Waals surface area contributed by atoms with E-state index in [0.29, 0.717) is 19.1 Å². The fourth-order valence-electron chi connectivity index (χ4n) is 2.33. The minimum absolute atomic E-state index is 0.0342. The molecule has 0 bridgehead atoms. The molecule has 1 aliphatic carbocycles. The van der Waals surface area contributed by atoms with Crippen LogP contribution in [-0.4, -0.2) is 53.1 Å². The Hall–Kier alpha value is -1.26. The van der Waals surface area contributed by atoms with Gasteiger partial charge in [0.25, 0.3) is 0 Å². The summed E-state index contributed by atoms with van der Waals surface area (Å²) < 4.78 is 5.28. The molecule has 108 valence electrons. The van der Waals surface area contributed by atoms with Gasteiger partial charge in [-0.1, -0.05) is 0 Å². The number of likely N-dealkylation sites (tertiary alicyclic amines) is 1. The van der Waals surface area contributed by atoms with Crippen LogP contribution in [0.15, 0.2) is 0 Å². The van der Waals surface area contributed by atoms with Gasteiger partial charge in [-0.25, -0.2) is 4.79 Å². The second kappa shape index (κ2) is 5.02. The smallest absolute Gasteiger partial charge is 0.410 e. The summed E-state index contributed by atoms with van der Waals surface area (Å²) in [5.41, 5.74) is -0.477. The Labute approximate surface area is 114 Å². The van der Waals surface area contributed by atoms with Gasteiger partial charge in [0.1, 0.15) is 5.60 Å². The Balaban J connectivity index is 1.79. The number of nitrogens with zero attached hydrogens (tertiary/aromatic N) is 2. The maximum absolute atomic E-state index is 12.2. The zero-order valence-corrected chi connectivity index (χ0v) is 12.3. The molecule has 0 aromatic rings. The van der Waals surface area contributed by atoms with Crippen molar-refractivity contribution >= 4 is 12.0 Å². The van der Waals surface area contributed by atoms with E-state index in [1.807, 2.05) is 32.6 Å². The molecule has 2 rings (SSSR count). The third-order valence-electron chi connectivity index (χ3n) is 3.49. The van der Waals surface area contributed by atoms with Crippen molar-refractivity contribution in [1.29, 1.82) is 0 Å². The van der Waals surface area contributed by atoms with Gasteiger partial charge in [0.05, 0.1) is 5.92 Å². The van der Waals surface area contributed by atoms with Crippen LogP contribution in [0.25, 0.3) is 0 Å². The first-order chi connectivity index (χ1) is 8.81. The molecule has 2 amide bonds. The van der Waals surface area contributed by atoms with Crippen molar-refractivity contribution in [2.24, 2.45) is 5.92 Å². The van der Waals surface area contributed by atoms with Gasteiger partial charge in [-0.15, -0.1) is 0 Å². The molecule has 1 heterocycles. The molecular formula is C14H24N2O3. The summed E-state index contributed by atoms with van der Waals surface area (Å²) in [5.74, 6) is 0.165. The molecule has 2 aliphatic rings. The summed E-state index contributed by atoms with van der Waals surface area (Å²) in [6.07, 6.45) is 1.94. The molecule has 1 saturated carbocycles. The van der Waals surface area contributed by atoms with Crippen molar-refractivity contribution < 1.29 is 14.3 Å². The van der Waals surface area contributed by atoms with Crippen molar-refractivity contribution in [3.8, 4) is 0 Å². The highest BCUT2D eigenvalue weighted by Gasteiger charge is 2.42. The number of carbonyl (C=O) groups excluding carboxylic acids is 2. The van der Waals surface area contributed by atoms with Crippen LogP contribution in [-0.2, 0) is 9.53 Å². The van der Waals surface area contributed by atoms with E-state index in [1.54, 1.807) is 4.90 Å². The summed E-state index contributed by atoms with van der Waals surface area (Å²) in [6, 6.07) is 0.452. The van der Waals surface area contributed by atoms with Gasteiger partial charge in [-0.05, 0) is 40.5 Å². The molecule has 1 saturated heterocycles. The zero-order valence-electron chi connectivity index (χ0n) is 12.3. The summed E-state index contributed by atoms with van der Waals surface area (Å²) in [7, 11) is 0. The minimum atomic E-state index is -0.477. The molecule has 0 unspecified atom stereocenters. The average Bonchev–Trinajstić information content (AvgIpc) is 2.97. The van der Waals surface area contributed by atoms with Crippen LogP contribution in [0.1, 0.15) is 40.5 Å². The first-order valence-corrected chi connectivity index (χ1v) is 7.10. The van der Waals surface area contributed by atoms with Gasteiger partial charge in [0.2, 0.25) is 5.91 Å². The van der Waals surface area contributed by atoms with Crippen LogP contribution in [0, 0.1) is 5.92 Å². The van der Waals surface area contributed by atoms with Crippen molar-refractivity contribution in [3.63, 3.8) is 0 Å². The van der Waals surface area contributed by atoms with Crippen LogP contribution < -0.4 is 0 Å². The largest absolute Gasteiger partial charge is 0.444 e. The van der Waals surface area contributed by atoms with Crippen LogP contribution in [0.5, 0.6) is 0 Å². The normalized spacial score (nSPS) is 19.9. The topological polar surface area (TPSA) is 49.9 Å². The van der Waals surface area contributed by atoms with E-state index in [0.717, 1.165) is 19.4 Å². The summed E-state index contributed by atoms with van der Waals surface area (Å²) >= 11 is 0. The first-order valence-electron chi connectivity index (χ1n) is 7.10. The molecule has 1 aliphatic heterocycles. The van der Waals surface area contributed by atoms with Gasteiger partial charge >= 0.3 is 6.09 Å². The van der Waals surface area contributed by atoms with Gasteiger partial charge in [0.15, 0.2) is 0 Å². The standard InChI is InChI=1S/C14H24N2O3/c1-5-16(11-6-7-11)12(17)10-8-15(9-10)13(18)19-14(2,3)4/h10-11H,5-9H2,1-4H3.